The summed E-state index contributed by atoms with van der Waals surface area (Å²) in [7, 11) is -4.16. The topological polar surface area (TPSA) is 96.0 Å². The van der Waals surface area contributed by atoms with Crippen molar-refractivity contribution in [1.82, 2.24) is 10.2 Å². The lowest BCUT2D eigenvalue weighted by Crippen LogP contribution is -2.52. The van der Waals surface area contributed by atoms with Crippen LogP contribution in [0.2, 0.25) is 5.02 Å². The van der Waals surface area contributed by atoms with Gasteiger partial charge in [0, 0.05) is 22.5 Å². The van der Waals surface area contributed by atoms with Gasteiger partial charge in [0.2, 0.25) is 11.8 Å². The molecule has 0 saturated heterocycles. The van der Waals surface area contributed by atoms with Gasteiger partial charge < -0.3 is 15.0 Å². The molecule has 3 rings (SSSR count). The van der Waals surface area contributed by atoms with E-state index in [0.29, 0.717) is 23.1 Å². The van der Waals surface area contributed by atoms with Crippen LogP contribution < -0.4 is 14.4 Å². The van der Waals surface area contributed by atoms with Crippen molar-refractivity contribution in [2.75, 3.05) is 23.7 Å². The summed E-state index contributed by atoms with van der Waals surface area (Å²) in [4.78, 5) is 29.6. The Balaban J connectivity index is 2.03. The molecule has 8 nitrogen and oxygen atoms in total. The second-order valence-corrected chi connectivity index (χ2v) is 12.9. The van der Waals surface area contributed by atoms with Crippen molar-refractivity contribution in [2.45, 2.75) is 62.5 Å². The third-order valence-electron chi connectivity index (χ3n) is 6.80. The Hall–Kier alpha value is -3.21. The molecule has 0 bridgehead atoms. The summed E-state index contributed by atoms with van der Waals surface area (Å²) in [5.74, 6) is -0.279. The summed E-state index contributed by atoms with van der Waals surface area (Å²) in [6.45, 7) is 7.37. The van der Waals surface area contributed by atoms with Crippen LogP contribution in [0.3, 0.4) is 0 Å². The summed E-state index contributed by atoms with van der Waals surface area (Å²) in [5, 5.41) is 3.47. The van der Waals surface area contributed by atoms with E-state index in [-0.39, 0.29) is 23.4 Å². The van der Waals surface area contributed by atoms with Gasteiger partial charge in [0.15, 0.2) is 0 Å². The highest BCUT2D eigenvalue weighted by molar-refractivity contribution is 7.98. The van der Waals surface area contributed by atoms with E-state index in [9.17, 15) is 18.0 Å². The van der Waals surface area contributed by atoms with E-state index in [2.05, 4.69) is 5.32 Å². The number of amides is 2. The number of hydrogen-bond acceptors (Lipinski definition) is 6. The van der Waals surface area contributed by atoms with E-state index in [1.807, 2.05) is 27.0 Å². The first-order valence-corrected chi connectivity index (χ1v) is 16.8. The smallest absolute Gasteiger partial charge is 0.264 e. The first kappa shape index (κ1) is 33.3. The second kappa shape index (κ2) is 15.3. The van der Waals surface area contributed by atoms with Crippen molar-refractivity contribution in [1.29, 1.82) is 0 Å². The van der Waals surface area contributed by atoms with E-state index >= 15 is 0 Å². The van der Waals surface area contributed by atoms with E-state index < -0.39 is 28.5 Å². The largest absolute Gasteiger partial charge is 0.494 e. The molecule has 0 unspecified atom stereocenters. The lowest BCUT2D eigenvalue weighted by molar-refractivity contribution is -0.139. The Kier molecular flexibility index (Phi) is 12.1. The molecule has 3 aromatic rings. The van der Waals surface area contributed by atoms with E-state index in [0.717, 1.165) is 21.2 Å². The fourth-order valence-electron chi connectivity index (χ4n) is 4.11. The number of rotatable bonds is 14. The summed E-state index contributed by atoms with van der Waals surface area (Å²) < 4.78 is 34.6. The van der Waals surface area contributed by atoms with E-state index in [1.165, 1.54) is 28.8 Å². The zero-order valence-electron chi connectivity index (χ0n) is 24.5. The molecule has 0 fully saturated rings. The lowest BCUT2D eigenvalue weighted by atomic mass is 10.1. The molecule has 0 saturated carbocycles. The molecule has 0 aliphatic rings. The molecule has 2 amide bonds. The molecular formula is C31H38ClN3O5S2. The molecule has 0 aliphatic heterocycles. The van der Waals surface area contributed by atoms with Crippen molar-refractivity contribution >= 4 is 50.9 Å². The van der Waals surface area contributed by atoms with Crippen LogP contribution in [0.25, 0.3) is 0 Å². The first-order chi connectivity index (χ1) is 20.0. The highest BCUT2D eigenvalue weighted by Gasteiger charge is 2.33. The summed E-state index contributed by atoms with van der Waals surface area (Å²) in [6, 6.07) is 19.1. The molecular weight excluding hydrogens is 594 g/mol. The van der Waals surface area contributed by atoms with Crippen LogP contribution >= 0.6 is 23.4 Å². The average molecular weight is 632 g/mol. The minimum atomic E-state index is -4.16. The number of nitrogens with zero attached hydrogens (tertiary/aromatic N) is 2. The van der Waals surface area contributed by atoms with Gasteiger partial charge in [-0.1, -0.05) is 30.7 Å². The van der Waals surface area contributed by atoms with Crippen LogP contribution in [0, 0.1) is 0 Å². The SMILES string of the molecule is CCOc1ccc(N(CC(=O)N(Cc2ccc(Cl)cc2)[C@H](C)C(=O)N[C@H](C)CC)S(=O)(=O)c2ccc(SC)cc2)cc1. The predicted octanol–water partition coefficient (Wildman–Crippen LogP) is 5.99. The molecule has 0 aromatic heterocycles. The molecule has 0 spiro atoms. The van der Waals surface area contributed by atoms with Crippen molar-refractivity contribution < 1.29 is 22.7 Å². The Morgan fingerprint density at radius 2 is 1.57 bits per heavy atom. The van der Waals surface area contributed by atoms with Gasteiger partial charge in [-0.05, 0) is 99.7 Å². The Morgan fingerprint density at radius 1 is 0.952 bits per heavy atom. The van der Waals surface area contributed by atoms with Gasteiger partial charge in [-0.25, -0.2) is 8.42 Å². The first-order valence-electron chi connectivity index (χ1n) is 13.7. The van der Waals surface area contributed by atoms with Gasteiger partial charge in [0.25, 0.3) is 10.0 Å². The molecule has 3 aromatic carbocycles. The van der Waals surface area contributed by atoms with Crippen LogP contribution in [0.1, 0.15) is 39.7 Å². The van der Waals surface area contributed by atoms with Crippen molar-refractivity contribution in [3.8, 4) is 5.75 Å². The average Bonchev–Trinajstić information content (AvgIpc) is 2.99. The normalized spacial score (nSPS) is 12.7. The number of hydrogen-bond donors (Lipinski definition) is 1. The van der Waals surface area contributed by atoms with E-state index in [1.54, 1.807) is 67.6 Å². The number of sulfonamides is 1. The number of benzene rings is 3. The van der Waals surface area contributed by atoms with Crippen molar-refractivity contribution in [3.05, 3.63) is 83.4 Å². The van der Waals surface area contributed by atoms with Crippen LogP contribution in [-0.4, -0.2) is 56.6 Å². The number of nitrogens with one attached hydrogen (secondary N) is 1. The van der Waals surface area contributed by atoms with Gasteiger partial charge in [-0.2, -0.15) is 0 Å². The molecule has 0 radical (unpaired) electrons. The maximum absolute atomic E-state index is 14.0. The number of anilines is 1. The maximum atomic E-state index is 14.0. The molecule has 226 valence electrons. The predicted molar refractivity (Wildman–Crippen MR) is 170 cm³/mol. The summed E-state index contributed by atoms with van der Waals surface area (Å²) in [5.41, 5.74) is 1.04. The zero-order valence-corrected chi connectivity index (χ0v) is 26.9. The van der Waals surface area contributed by atoms with Gasteiger partial charge in [0.1, 0.15) is 18.3 Å². The van der Waals surface area contributed by atoms with Gasteiger partial charge in [-0.15, -0.1) is 11.8 Å². The molecule has 42 heavy (non-hydrogen) atoms. The maximum Gasteiger partial charge on any atom is 0.264 e. The molecule has 0 heterocycles. The second-order valence-electron chi connectivity index (χ2n) is 9.76. The third-order valence-corrected chi connectivity index (χ3v) is 9.58. The Bertz CT molecular complexity index is 1430. The molecule has 2 atom stereocenters. The number of carbonyl (C=O) groups excluding carboxylic acids is 2. The standard InChI is InChI=1S/C31H38ClN3O5S2/c1-6-22(3)33-31(37)23(4)34(20-24-8-10-25(32)11-9-24)30(36)21-35(26-12-14-27(15-13-26)40-7-2)42(38,39)29-18-16-28(41-5)17-19-29/h8-19,22-23H,6-7,20-21H2,1-5H3,(H,33,37)/t22-,23-/m1/s1. The number of carbonyl (C=O) groups is 2. The monoisotopic (exact) mass is 631 g/mol. The Labute approximate surface area is 258 Å². The lowest BCUT2D eigenvalue weighted by Gasteiger charge is -2.32. The minimum absolute atomic E-state index is 0.0498. The van der Waals surface area contributed by atoms with Gasteiger partial charge >= 0.3 is 0 Å². The number of thioether (sulfide) groups is 1. The zero-order chi connectivity index (χ0) is 30.9. The highest BCUT2D eigenvalue weighted by Crippen LogP contribution is 2.28. The fraction of sp³-hybridized carbons (Fsp3) is 0.355. The molecule has 0 aliphatic carbocycles. The summed E-state index contributed by atoms with van der Waals surface area (Å²) >= 11 is 7.56. The quantitative estimate of drug-likeness (QED) is 0.220. The molecule has 1 N–H and O–H groups in total. The van der Waals surface area contributed by atoms with Crippen LogP contribution in [-0.2, 0) is 26.2 Å². The Morgan fingerprint density at radius 3 is 2.12 bits per heavy atom. The van der Waals surface area contributed by atoms with Crippen LogP contribution in [0.4, 0.5) is 5.69 Å². The third kappa shape index (κ3) is 8.65. The minimum Gasteiger partial charge on any atom is -0.494 e. The summed E-state index contributed by atoms with van der Waals surface area (Å²) in [6.07, 6.45) is 2.63. The van der Waals surface area contributed by atoms with Gasteiger partial charge in [-0.3, -0.25) is 13.9 Å². The van der Waals surface area contributed by atoms with Gasteiger partial charge in [0.05, 0.1) is 17.2 Å². The van der Waals surface area contributed by atoms with E-state index in [4.69, 9.17) is 16.3 Å². The highest BCUT2D eigenvalue weighted by atomic mass is 35.5. The number of halogens is 1. The fourth-order valence-corrected chi connectivity index (χ4v) is 6.06. The number of ether oxygens (including phenoxy) is 1. The van der Waals surface area contributed by atoms with Crippen LogP contribution in [0.15, 0.2) is 82.6 Å². The molecule has 11 heteroatoms. The van der Waals surface area contributed by atoms with Crippen LogP contribution in [0.5, 0.6) is 5.75 Å². The van der Waals surface area contributed by atoms with Crippen molar-refractivity contribution in [2.24, 2.45) is 0 Å². The van der Waals surface area contributed by atoms with Crippen molar-refractivity contribution in [3.63, 3.8) is 0 Å².